The topological polar surface area (TPSA) is 67.2 Å². The van der Waals surface area contributed by atoms with Crippen LogP contribution in [0.15, 0.2) is 18.2 Å². The zero-order valence-corrected chi connectivity index (χ0v) is 20.2. The smallest absolute Gasteiger partial charge is 0.292 e. The lowest BCUT2D eigenvalue weighted by molar-refractivity contribution is -0.383. The third-order valence-corrected chi connectivity index (χ3v) is 5.90. The van der Waals surface area contributed by atoms with Crippen molar-refractivity contribution in [3.05, 3.63) is 28.3 Å². The normalized spacial score (nSPS) is 10.9. The molecule has 0 spiro atoms. The van der Waals surface area contributed by atoms with Gasteiger partial charge in [0.05, 0.1) is 4.92 Å². The summed E-state index contributed by atoms with van der Waals surface area (Å²) in [5.74, 6) is 0. The van der Waals surface area contributed by atoms with Crippen molar-refractivity contribution in [2.75, 3.05) is 23.7 Å². The minimum absolute atomic E-state index is 0.164. The molecule has 5 nitrogen and oxygen atoms in total. The monoisotopic (exact) mass is 433 g/mol. The fourth-order valence-electron chi connectivity index (χ4n) is 3.92. The van der Waals surface area contributed by atoms with Crippen LogP contribution in [0.1, 0.15) is 117 Å². The van der Waals surface area contributed by atoms with E-state index >= 15 is 0 Å². The molecule has 0 fully saturated rings. The van der Waals surface area contributed by atoms with Gasteiger partial charge in [-0.2, -0.15) is 0 Å². The Labute approximate surface area is 190 Å². The molecule has 1 aromatic carbocycles. The quantitative estimate of drug-likeness (QED) is 0.116. The lowest BCUT2D eigenvalue weighted by atomic mass is 10.1. The molecule has 1 rings (SSSR count). The number of unbranched alkanes of at least 4 members (excludes halogenated alkanes) is 14. The van der Waals surface area contributed by atoms with Crippen molar-refractivity contribution >= 4 is 17.1 Å². The molecular formula is C26H47N3O2. The lowest BCUT2D eigenvalue weighted by Crippen LogP contribution is -2.06. The number of anilines is 2. The van der Waals surface area contributed by atoms with Crippen LogP contribution in [0.3, 0.4) is 0 Å². The van der Waals surface area contributed by atoms with Gasteiger partial charge in [0.15, 0.2) is 0 Å². The van der Waals surface area contributed by atoms with Crippen LogP contribution in [0, 0.1) is 10.1 Å². The lowest BCUT2D eigenvalue weighted by Gasteiger charge is -2.11. The van der Waals surface area contributed by atoms with Gasteiger partial charge in [-0.05, 0) is 25.0 Å². The van der Waals surface area contributed by atoms with Crippen LogP contribution in [-0.2, 0) is 0 Å². The van der Waals surface area contributed by atoms with Crippen molar-refractivity contribution in [3.63, 3.8) is 0 Å². The summed E-state index contributed by atoms with van der Waals surface area (Å²) < 4.78 is 0. The molecule has 0 saturated heterocycles. The van der Waals surface area contributed by atoms with E-state index in [1.165, 1.54) is 89.9 Å². The molecule has 1 aromatic rings. The maximum Gasteiger partial charge on any atom is 0.292 e. The predicted molar refractivity (Wildman–Crippen MR) is 135 cm³/mol. The molecule has 0 amide bonds. The van der Waals surface area contributed by atoms with Gasteiger partial charge in [-0.25, -0.2) is 0 Å². The zero-order chi connectivity index (χ0) is 22.6. The number of nitro benzene ring substituents is 1. The molecule has 0 aliphatic rings. The molecule has 0 heterocycles. The average Bonchev–Trinajstić information content (AvgIpc) is 2.76. The summed E-state index contributed by atoms with van der Waals surface area (Å²) in [6, 6.07) is 5.34. The Hall–Kier alpha value is -1.78. The van der Waals surface area contributed by atoms with Crippen molar-refractivity contribution in [1.29, 1.82) is 0 Å². The average molecular weight is 434 g/mol. The first-order valence-electron chi connectivity index (χ1n) is 12.9. The van der Waals surface area contributed by atoms with Crippen LogP contribution in [-0.4, -0.2) is 18.0 Å². The number of rotatable bonds is 21. The van der Waals surface area contributed by atoms with E-state index < -0.39 is 0 Å². The van der Waals surface area contributed by atoms with Gasteiger partial charge in [0.2, 0.25) is 0 Å². The van der Waals surface area contributed by atoms with Gasteiger partial charge in [0.1, 0.15) is 5.69 Å². The molecule has 5 heteroatoms. The largest absolute Gasteiger partial charge is 0.385 e. The van der Waals surface area contributed by atoms with Crippen LogP contribution < -0.4 is 10.6 Å². The third-order valence-electron chi connectivity index (χ3n) is 5.90. The summed E-state index contributed by atoms with van der Waals surface area (Å²) in [5.41, 5.74) is 1.76. The molecule has 0 aliphatic carbocycles. The summed E-state index contributed by atoms with van der Waals surface area (Å²) in [7, 11) is 0. The molecule has 0 atom stereocenters. The number of benzene rings is 1. The van der Waals surface area contributed by atoms with E-state index in [4.69, 9.17) is 0 Å². The Balaban J connectivity index is 2.26. The van der Waals surface area contributed by atoms with E-state index in [0.29, 0.717) is 5.69 Å². The van der Waals surface area contributed by atoms with Gasteiger partial charge in [0, 0.05) is 24.8 Å². The fourth-order valence-corrected chi connectivity index (χ4v) is 3.92. The van der Waals surface area contributed by atoms with E-state index in [-0.39, 0.29) is 10.6 Å². The highest BCUT2D eigenvalue weighted by Gasteiger charge is 2.13. The molecule has 0 radical (unpaired) electrons. The molecule has 0 aromatic heterocycles. The Bertz CT molecular complexity index is 578. The second-order valence-electron chi connectivity index (χ2n) is 8.79. The zero-order valence-electron chi connectivity index (χ0n) is 20.2. The SMILES string of the molecule is CCCCCCCCCCNc1ccc([N+](=O)[O-])c(NCCCCCCCCCC)c1. The van der Waals surface area contributed by atoms with Crippen LogP contribution in [0.2, 0.25) is 0 Å². The minimum atomic E-state index is -0.293. The van der Waals surface area contributed by atoms with E-state index in [2.05, 4.69) is 24.5 Å². The fraction of sp³-hybridized carbons (Fsp3) is 0.769. The molecule has 31 heavy (non-hydrogen) atoms. The van der Waals surface area contributed by atoms with E-state index in [1.54, 1.807) is 6.07 Å². The molecule has 178 valence electrons. The van der Waals surface area contributed by atoms with Crippen molar-refractivity contribution in [2.45, 2.75) is 117 Å². The number of nitrogens with one attached hydrogen (secondary N) is 2. The molecule has 2 N–H and O–H groups in total. The maximum absolute atomic E-state index is 11.4. The summed E-state index contributed by atoms with van der Waals surface area (Å²) in [5, 5.41) is 18.1. The number of hydrogen-bond acceptors (Lipinski definition) is 4. The summed E-state index contributed by atoms with van der Waals surface area (Å²) in [6.07, 6.45) is 20.5. The number of hydrogen-bond donors (Lipinski definition) is 2. The van der Waals surface area contributed by atoms with Crippen LogP contribution in [0.4, 0.5) is 17.1 Å². The van der Waals surface area contributed by atoms with E-state index in [0.717, 1.165) is 31.6 Å². The van der Waals surface area contributed by atoms with Crippen molar-refractivity contribution in [1.82, 2.24) is 0 Å². The van der Waals surface area contributed by atoms with Gasteiger partial charge >= 0.3 is 0 Å². The molecular weight excluding hydrogens is 386 g/mol. The van der Waals surface area contributed by atoms with Crippen molar-refractivity contribution in [2.24, 2.45) is 0 Å². The second kappa shape index (κ2) is 18.9. The van der Waals surface area contributed by atoms with Crippen molar-refractivity contribution < 1.29 is 4.92 Å². The summed E-state index contributed by atoms with van der Waals surface area (Å²) in [6.45, 7) is 6.20. The van der Waals surface area contributed by atoms with Crippen LogP contribution in [0.5, 0.6) is 0 Å². The Morgan fingerprint density at radius 1 is 0.677 bits per heavy atom. The standard InChI is InChI=1S/C26H47N3O2/c1-3-5-7-9-11-13-15-17-21-27-24-19-20-26(29(30)31)25(23-24)28-22-18-16-14-12-10-8-6-4-2/h19-20,23,27-28H,3-18,21-22H2,1-2H3. The van der Waals surface area contributed by atoms with Gasteiger partial charge in [-0.3, -0.25) is 10.1 Å². The van der Waals surface area contributed by atoms with Crippen LogP contribution in [0.25, 0.3) is 0 Å². The first-order chi connectivity index (χ1) is 15.2. The third kappa shape index (κ3) is 14.0. The van der Waals surface area contributed by atoms with Crippen LogP contribution >= 0.6 is 0 Å². The maximum atomic E-state index is 11.4. The Morgan fingerprint density at radius 3 is 1.61 bits per heavy atom. The van der Waals surface area contributed by atoms with Gasteiger partial charge < -0.3 is 10.6 Å². The Morgan fingerprint density at radius 2 is 1.13 bits per heavy atom. The Kier molecular flexibility index (Phi) is 16.7. The van der Waals surface area contributed by atoms with Gasteiger partial charge in [0.25, 0.3) is 5.69 Å². The summed E-state index contributed by atoms with van der Waals surface area (Å²) >= 11 is 0. The second-order valence-corrected chi connectivity index (χ2v) is 8.79. The number of nitrogens with zero attached hydrogens (tertiary/aromatic N) is 1. The molecule has 0 saturated carbocycles. The first kappa shape index (κ1) is 27.3. The van der Waals surface area contributed by atoms with E-state index in [1.807, 2.05) is 12.1 Å². The first-order valence-corrected chi connectivity index (χ1v) is 12.9. The molecule has 0 bridgehead atoms. The summed E-state index contributed by atoms with van der Waals surface area (Å²) in [4.78, 5) is 11.1. The van der Waals surface area contributed by atoms with E-state index in [9.17, 15) is 10.1 Å². The van der Waals surface area contributed by atoms with Crippen molar-refractivity contribution in [3.8, 4) is 0 Å². The predicted octanol–water partition coefficient (Wildman–Crippen LogP) is 8.70. The molecule has 0 aliphatic heterocycles. The molecule has 0 unspecified atom stereocenters. The number of nitro groups is 1. The highest BCUT2D eigenvalue weighted by atomic mass is 16.6. The van der Waals surface area contributed by atoms with Gasteiger partial charge in [-0.1, -0.05) is 104 Å². The minimum Gasteiger partial charge on any atom is -0.385 e. The highest BCUT2D eigenvalue weighted by molar-refractivity contribution is 5.68. The van der Waals surface area contributed by atoms with Gasteiger partial charge in [-0.15, -0.1) is 0 Å². The highest BCUT2D eigenvalue weighted by Crippen LogP contribution is 2.28.